The molecule has 31 heavy (non-hydrogen) atoms. The van der Waals surface area contributed by atoms with Crippen LogP contribution in [0.25, 0.3) is 0 Å². The van der Waals surface area contributed by atoms with Crippen LogP contribution in [0.5, 0.6) is 0 Å². The molecule has 2 aromatic carbocycles. The average Bonchev–Trinajstić information content (AvgIpc) is 2.80. The summed E-state index contributed by atoms with van der Waals surface area (Å²) in [6.45, 7) is 4.26. The molecule has 7 heteroatoms. The summed E-state index contributed by atoms with van der Waals surface area (Å²) in [4.78, 5) is 42.1. The van der Waals surface area contributed by atoms with E-state index in [0.29, 0.717) is 30.6 Å². The number of para-hydroxylation sites is 1. The second-order valence-corrected chi connectivity index (χ2v) is 7.61. The topological polar surface area (TPSA) is 79.0 Å². The lowest BCUT2D eigenvalue weighted by Gasteiger charge is -2.44. The first kappa shape index (κ1) is 20.7. The number of amides is 3. The molecular formula is C24H25N3O4. The predicted molar refractivity (Wildman–Crippen MR) is 118 cm³/mol. The van der Waals surface area contributed by atoms with Crippen molar-refractivity contribution in [2.45, 2.75) is 24.8 Å². The minimum Gasteiger partial charge on any atom is -0.449 e. The standard InChI is InChI=1S/C24H25N3O4/c1-3-4-13-31-24(30)27-19-12-8-11-18-21(19)16(14-20(27)22(28)25-2)15-26(23(18)29)17-9-6-5-7-10-17/h3,5-12,16,20H,1,4,13-15H2,2H3,(H,25,28)/t16-,20-/m0/s1. The van der Waals surface area contributed by atoms with Gasteiger partial charge >= 0.3 is 6.09 Å². The molecule has 0 saturated carbocycles. The number of rotatable bonds is 5. The molecule has 0 saturated heterocycles. The highest BCUT2D eigenvalue weighted by atomic mass is 16.6. The van der Waals surface area contributed by atoms with Gasteiger partial charge in [0.2, 0.25) is 5.91 Å². The smallest absolute Gasteiger partial charge is 0.415 e. The molecule has 0 aromatic heterocycles. The fourth-order valence-corrected chi connectivity index (χ4v) is 4.40. The van der Waals surface area contributed by atoms with Crippen LogP contribution in [-0.4, -0.2) is 44.1 Å². The molecule has 1 N–H and O–H groups in total. The summed E-state index contributed by atoms with van der Waals surface area (Å²) in [6, 6.07) is 14.1. The molecule has 0 fully saturated rings. The third kappa shape index (κ3) is 3.67. The second kappa shape index (κ2) is 8.63. The van der Waals surface area contributed by atoms with Crippen LogP contribution in [-0.2, 0) is 9.53 Å². The molecule has 2 aliphatic rings. The Morgan fingerprint density at radius 3 is 2.68 bits per heavy atom. The van der Waals surface area contributed by atoms with E-state index in [1.165, 1.54) is 4.90 Å². The fourth-order valence-electron chi connectivity index (χ4n) is 4.40. The van der Waals surface area contributed by atoms with E-state index in [1.54, 1.807) is 36.2 Å². The molecule has 4 rings (SSSR count). The lowest BCUT2D eigenvalue weighted by atomic mass is 9.79. The summed E-state index contributed by atoms with van der Waals surface area (Å²) in [6.07, 6.45) is 1.98. The van der Waals surface area contributed by atoms with Crippen LogP contribution in [0.3, 0.4) is 0 Å². The lowest BCUT2D eigenvalue weighted by molar-refractivity contribution is -0.122. The van der Waals surface area contributed by atoms with E-state index in [1.807, 2.05) is 30.3 Å². The van der Waals surface area contributed by atoms with E-state index in [0.717, 1.165) is 11.3 Å². The summed E-state index contributed by atoms with van der Waals surface area (Å²) in [5.41, 5.74) is 2.73. The van der Waals surface area contributed by atoms with Crippen LogP contribution in [0.1, 0.15) is 34.7 Å². The molecule has 2 aromatic rings. The predicted octanol–water partition coefficient (Wildman–Crippen LogP) is 3.47. The van der Waals surface area contributed by atoms with Crippen molar-refractivity contribution in [1.29, 1.82) is 0 Å². The molecule has 2 aliphatic heterocycles. The SMILES string of the molecule is C=CCCOC(=O)N1c2cccc3c2[C@@H](C[C@H]1C(=O)NC)CN(c1ccccc1)C3=O. The Balaban J connectivity index is 1.77. The Morgan fingerprint density at radius 2 is 1.97 bits per heavy atom. The molecule has 0 aliphatic carbocycles. The molecule has 0 radical (unpaired) electrons. The highest BCUT2D eigenvalue weighted by Crippen LogP contribution is 2.45. The molecule has 0 bridgehead atoms. The first-order valence-corrected chi connectivity index (χ1v) is 10.3. The van der Waals surface area contributed by atoms with Crippen molar-refractivity contribution in [2.24, 2.45) is 0 Å². The second-order valence-electron chi connectivity index (χ2n) is 7.61. The third-order valence-electron chi connectivity index (χ3n) is 5.81. The maximum Gasteiger partial charge on any atom is 0.415 e. The van der Waals surface area contributed by atoms with Crippen LogP contribution in [0.2, 0.25) is 0 Å². The molecule has 2 heterocycles. The minimum atomic E-state index is -0.722. The Bertz CT molecular complexity index is 1020. The van der Waals surface area contributed by atoms with Crippen molar-refractivity contribution in [3.63, 3.8) is 0 Å². The molecular weight excluding hydrogens is 394 g/mol. The monoisotopic (exact) mass is 419 g/mol. The van der Waals surface area contributed by atoms with E-state index < -0.39 is 12.1 Å². The summed E-state index contributed by atoms with van der Waals surface area (Å²) >= 11 is 0. The van der Waals surface area contributed by atoms with Crippen molar-refractivity contribution >= 4 is 29.3 Å². The van der Waals surface area contributed by atoms with Crippen molar-refractivity contribution in [3.05, 3.63) is 72.3 Å². The number of anilines is 2. The van der Waals surface area contributed by atoms with E-state index in [2.05, 4.69) is 11.9 Å². The van der Waals surface area contributed by atoms with Gasteiger partial charge in [0, 0.05) is 30.8 Å². The number of ether oxygens (including phenoxy) is 1. The van der Waals surface area contributed by atoms with Gasteiger partial charge < -0.3 is 15.0 Å². The van der Waals surface area contributed by atoms with Gasteiger partial charge in [-0.2, -0.15) is 0 Å². The van der Waals surface area contributed by atoms with Crippen LogP contribution in [0.15, 0.2) is 61.2 Å². The number of nitrogens with zero attached hydrogens (tertiary/aromatic N) is 2. The van der Waals surface area contributed by atoms with E-state index in [4.69, 9.17) is 4.74 Å². The summed E-state index contributed by atoms with van der Waals surface area (Å²) in [5, 5.41) is 2.66. The van der Waals surface area contributed by atoms with Gasteiger partial charge in [0.25, 0.3) is 5.91 Å². The third-order valence-corrected chi connectivity index (χ3v) is 5.81. The fraction of sp³-hybridized carbons (Fsp3) is 0.292. The van der Waals surface area contributed by atoms with Crippen molar-refractivity contribution in [2.75, 3.05) is 30.0 Å². The van der Waals surface area contributed by atoms with Gasteiger partial charge in [-0.3, -0.25) is 14.5 Å². The van der Waals surface area contributed by atoms with Crippen molar-refractivity contribution in [3.8, 4) is 0 Å². The Morgan fingerprint density at radius 1 is 1.19 bits per heavy atom. The number of nitrogens with one attached hydrogen (secondary N) is 1. The maximum atomic E-state index is 13.3. The number of likely N-dealkylation sites (N-methyl/N-ethyl adjacent to an activating group) is 1. The van der Waals surface area contributed by atoms with E-state index >= 15 is 0 Å². The first-order valence-electron chi connectivity index (χ1n) is 10.3. The van der Waals surface area contributed by atoms with Gasteiger partial charge in [0.1, 0.15) is 6.04 Å². The zero-order valence-electron chi connectivity index (χ0n) is 17.4. The number of carbonyl (C=O) groups is 3. The van der Waals surface area contributed by atoms with Gasteiger partial charge in [-0.1, -0.05) is 30.3 Å². The quantitative estimate of drug-likeness (QED) is 0.595. The Hall–Kier alpha value is -3.61. The van der Waals surface area contributed by atoms with Crippen molar-refractivity contribution < 1.29 is 19.1 Å². The zero-order chi connectivity index (χ0) is 22.0. The van der Waals surface area contributed by atoms with Gasteiger partial charge in [-0.25, -0.2) is 4.79 Å². The molecule has 160 valence electrons. The highest BCUT2D eigenvalue weighted by Gasteiger charge is 2.45. The number of hydrogen-bond acceptors (Lipinski definition) is 4. The molecule has 2 atom stereocenters. The summed E-state index contributed by atoms with van der Waals surface area (Å²) in [7, 11) is 1.55. The number of hydrogen-bond donors (Lipinski definition) is 1. The van der Waals surface area contributed by atoms with Gasteiger partial charge in [0.05, 0.1) is 12.3 Å². The minimum absolute atomic E-state index is 0.0800. The number of benzene rings is 2. The van der Waals surface area contributed by atoms with E-state index in [-0.39, 0.29) is 24.3 Å². The zero-order valence-corrected chi connectivity index (χ0v) is 17.4. The number of carbonyl (C=O) groups excluding carboxylic acids is 3. The van der Waals surface area contributed by atoms with Crippen LogP contribution >= 0.6 is 0 Å². The normalized spacial score (nSPS) is 19.5. The van der Waals surface area contributed by atoms with E-state index in [9.17, 15) is 14.4 Å². The maximum absolute atomic E-state index is 13.3. The average molecular weight is 419 g/mol. The molecule has 3 amide bonds. The first-order chi connectivity index (χ1) is 15.1. The van der Waals surface area contributed by atoms with Gasteiger partial charge in [-0.15, -0.1) is 6.58 Å². The van der Waals surface area contributed by atoms with Gasteiger partial charge in [-0.05, 0) is 42.7 Å². The molecule has 7 nitrogen and oxygen atoms in total. The summed E-state index contributed by atoms with van der Waals surface area (Å²) < 4.78 is 5.39. The molecule has 0 unspecified atom stereocenters. The highest BCUT2D eigenvalue weighted by molar-refractivity contribution is 6.11. The largest absolute Gasteiger partial charge is 0.449 e. The van der Waals surface area contributed by atoms with Crippen LogP contribution < -0.4 is 15.1 Å². The van der Waals surface area contributed by atoms with Gasteiger partial charge in [0.15, 0.2) is 0 Å². The lowest BCUT2D eigenvalue weighted by Crippen LogP contribution is -2.55. The summed E-state index contributed by atoms with van der Waals surface area (Å²) in [5.74, 6) is -0.457. The van der Waals surface area contributed by atoms with Crippen molar-refractivity contribution in [1.82, 2.24) is 5.32 Å². The Kier molecular flexibility index (Phi) is 5.75. The Labute approximate surface area is 181 Å². The van der Waals surface area contributed by atoms with Crippen LogP contribution in [0.4, 0.5) is 16.2 Å². The van der Waals surface area contributed by atoms with Crippen LogP contribution in [0, 0.1) is 0 Å². The molecule has 0 spiro atoms.